The Balaban J connectivity index is 2.87. The maximum Gasteiger partial charge on any atom is 0.0792 e. The molecule has 0 aliphatic carbocycles. The topological polar surface area (TPSA) is 15.3 Å². The monoisotopic (exact) mass is 278 g/mol. The number of halogens is 1. The predicted molar refractivity (Wildman–Crippen MR) is 84.9 cm³/mol. The Morgan fingerprint density at radius 1 is 1.42 bits per heavy atom. The van der Waals surface area contributed by atoms with Crippen LogP contribution < -0.4 is 10.2 Å². The third-order valence-corrected chi connectivity index (χ3v) is 3.48. The Morgan fingerprint density at radius 3 is 2.68 bits per heavy atom. The van der Waals surface area contributed by atoms with Crippen molar-refractivity contribution in [1.29, 1.82) is 0 Å². The standard InChI is InChI=1S/C16H23ClN2/c1-5-10-18-13(4)14-8-9-16(15(17)12-14)19(7-3)11-6-2/h2,8-9,12-13,18H,5,7,10-11H2,1,3-4H3. The van der Waals surface area contributed by atoms with E-state index in [-0.39, 0.29) is 0 Å². The quantitative estimate of drug-likeness (QED) is 0.762. The lowest BCUT2D eigenvalue weighted by atomic mass is 10.1. The summed E-state index contributed by atoms with van der Waals surface area (Å²) in [7, 11) is 0. The molecular formula is C16H23ClN2. The summed E-state index contributed by atoms with van der Waals surface area (Å²) in [5.41, 5.74) is 2.22. The second-order valence-corrected chi connectivity index (χ2v) is 5.01. The number of hydrogen-bond acceptors (Lipinski definition) is 2. The van der Waals surface area contributed by atoms with Crippen LogP contribution >= 0.6 is 11.6 Å². The summed E-state index contributed by atoms with van der Waals surface area (Å²) in [4.78, 5) is 2.09. The van der Waals surface area contributed by atoms with Gasteiger partial charge >= 0.3 is 0 Å². The number of hydrogen-bond donors (Lipinski definition) is 1. The number of rotatable bonds is 7. The molecule has 0 bridgehead atoms. The summed E-state index contributed by atoms with van der Waals surface area (Å²) in [5, 5.41) is 4.22. The van der Waals surface area contributed by atoms with Crippen molar-refractivity contribution < 1.29 is 0 Å². The second-order valence-electron chi connectivity index (χ2n) is 4.60. The largest absolute Gasteiger partial charge is 0.359 e. The van der Waals surface area contributed by atoms with Gasteiger partial charge < -0.3 is 10.2 Å². The lowest BCUT2D eigenvalue weighted by molar-refractivity contribution is 0.571. The number of nitrogens with one attached hydrogen (secondary N) is 1. The minimum absolute atomic E-state index is 0.314. The molecule has 0 radical (unpaired) electrons. The molecule has 0 amide bonds. The summed E-state index contributed by atoms with van der Waals surface area (Å²) in [6, 6.07) is 6.52. The molecule has 0 aromatic heterocycles. The maximum atomic E-state index is 6.38. The zero-order valence-corrected chi connectivity index (χ0v) is 12.8. The molecule has 19 heavy (non-hydrogen) atoms. The zero-order chi connectivity index (χ0) is 14.3. The summed E-state index contributed by atoms with van der Waals surface area (Å²) < 4.78 is 0. The first kappa shape index (κ1) is 15.9. The lowest BCUT2D eigenvalue weighted by Gasteiger charge is -2.23. The average molecular weight is 279 g/mol. The van der Waals surface area contributed by atoms with Gasteiger partial charge in [0.2, 0.25) is 0 Å². The fourth-order valence-electron chi connectivity index (χ4n) is 2.01. The van der Waals surface area contributed by atoms with Gasteiger partial charge in [-0.25, -0.2) is 0 Å². The van der Waals surface area contributed by atoms with Gasteiger partial charge in [-0.05, 0) is 44.5 Å². The Labute approximate surface area is 122 Å². The van der Waals surface area contributed by atoms with Crippen molar-refractivity contribution in [2.75, 3.05) is 24.5 Å². The van der Waals surface area contributed by atoms with E-state index in [1.54, 1.807) is 0 Å². The summed E-state index contributed by atoms with van der Waals surface area (Å²) in [6.07, 6.45) is 6.51. The fourth-order valence-corrected chi connectivity index (χ4v) is 2.31. The molecule has 0 aliphatic heterocycles. The zero-order valence-electron chi connectivity index (χ0n) is 12.0. The Kier molecular flexibility index (Phi) is 6.77. The van der Waals surface area contributed by atoms with Crippen molar-refractivity contribution in [3.8, 4) is 12.3 Å². The van der Waals surface area contributed by atoms with E-state index in [1.807, 2.05) is 6.07 Å². The molecule has 1 atom stereocenters. The summed E-state index contributed by atoms with van der Waals surface area (Å²) in [6.45, 7) is 8.84. The highest BCUT2D eigenvalue weighted by Gasteiger charge is 2.11. The van der Waals surface area contributed by atoms with Crippen molar-refractivity contribution in [3.63, 3.8) is 0 Å². The number of benzene rings is 1. The summed E-state index contributed by atoms with van der Waals surface area (Å²) in [5.74, 6) is 2.66. The first-order valence-electron chi connectivity index (χ1n) is 6.85. The van der Waals surface area contributed by atoms with Crippen LogP contribution in [0.1, 0.15) is 38.8 Å². The van der Waals surface area contributed by atoms with Crippen molar-refractivity contribution >= 4 is 17.3 Å². The lowest BCUT2D eigenvalue weighted by Crippen LogP contribution is -2.23. The highest BCUT2D eigenvalue weighted by Crippen LogP contribution is 2.28. The molecule has 2 nitrogen and oxygen atoms in total. The smallest absolute Gasteiger partial charge is 0.0792 e. The van der Waals surface area contributed by atoms with E-state index in [2.05, 4.69) is 49.0 Å². The van der Waals surface area contributed by atoms with Crippen LogP contribution in [0, 0.1) is 12.3 Å². The first-order chi connectivity index (χ1) is 9.13. The Bertz CT molecular complexity index is 437. The van der Waals surface area contributed by atoms with Gasteiger partial charge in [-0.15, -0.1) is 6.42 Å². The molecule has 3 heteroatoms. The third-order valence-electron chi connectivity index (χ3n) is 3.18. The fraction of sp³-hybridized carbons (Fsp3) is 0.500. The van der Waals surface area contributed by atoms with Crippen LogP contribution in [0.3, 0.4) is 0 Å². The van der Waals surface area contributed by atoms with Gasteiger partial charge in [0, 0.05) is 12.6 Å². The molecule has 0 aliphatic rings. The van der Waals surface area contributed by atoms with Crippen LogP contribution in [0.15, 0.2) is 18.2 Å². The van der Waals surface area contributed by atoms with Gasteiger partial charge in [0.15, 0.2) is 0 Å². The molecule has 0 spiro atoms. The van der Waals surface area contributed by atoms with E-state index in [1.165, 1.54) is 5.56 Å². The highest BCUT2D eigenvalue weighted by atomic mass is 35.5. The molecule has 1 rings (SSSR count). The van der Waals surface area contributed by atoms with Crippen LogP contribution in [0.25, 0.3) is 0 Å². The van der Waals surface area contributed by atoms with E-state index in [0.717, 1.165) is 30.2 Å². The van der Waals surface area contributed by atoms with Crippen molar-refractivity contribution in [2.24, 2.45) is 0 Å². The third kappa shape index (κ3) is 4.45. The molecule has 1 aromatic rings. The van der Waals surface area contributed by atoms with Crippen LogP contribution in [-0.4, -0.2) is 19.6 Å². The number of anilines is 1. The molecular weight excluding hydrogens is 256 g/mol. The average Bonchev–Trinajstić information content (AvgIpc) is 2.42. The first-order valence-corrected chi connectivity index (χ1v) is 7.23. The molecule has 0 saturated heterocycles. The molecule has 0 fully saturated rings. The van der Waals surface area contributed by atoms with Gasteiger partial charge in [0.05, 0.1) is 17.3 Å². The molecule has 104 valence electrons. The van der Waals surface area contributed by atoms with Gasteiger partial charge in [-0.3, -0.25) is 0 Å². The van der Waals surface area contributed by atoms with Crippen molar-refractivity contribution in [2.45, 2.75) is 33.2 Å². The van der Waals surface area contributed by atoms with E-state index >= 15 is 0 Å². The van der Waals surface area contributed by atoms with Gasteiger partial charge in [-0.2, -0.15) is 0 Å². The normalized spacial score (nSPS) is 11.9. The van der Waals surface area contributed by atoms with E-state index in [4.69, 9.17) is 18.0 Å². The van der Waals surface area contributed by atoms with Crippen LogP contribution in [0.5, 0.6) is 0 Å². The Morgan fingerprint density at radius 2 is 2.16 bits per heavy atom. The van der Waals surface area contributed by atoms with Crippen LogP contribution in [-0.2, 0) is 0 Å². The van der Waals surface area contributed by atoms with Gasteiger partial charge in [-0.1, -0.05) is 30.5 Å². The van der Waals surface area contributed by atoms with E-state index in [0.29, 0.717) is 12.6 Å². The second kappa shape index (κ2) is 8.09. The SMILES string of the molecule is C#CCN(CC)c1ccc(C(C)NCCC)cc1Cl. The van der Waals surface area contributed by atoms with Gasteiger partial charge in [0.1, 0.15) is 0 Å². The minimum atomic E-state index is 0.314. The predicted octanol–water partition coefficient (Wildman–Crippen LogP) is 3.86. The molecule has 0 heterocycles. The van der Waals surface area contributed by atoms with Crippen LogP contribution in [0.2, 0.25) is 5.02 Å². The van der Waals surface area contributed by atoms with E-state index < -0.39 is 0 Å². The molecule has 1 N–H and O–H groups in total. The molecule has 1 unspecified atom stereocenters. The summed E-state index contributed by atoms with van der Waals surface area (Å²) >= 11 is 6.38. The number of terminal acetylenes is 1. The maximum absolute atomic E-state index is 6.38. The molecule has 0 saturated carbocycles. The Hall–Kier alpha value is -1.17. The molecule has 1 aromatic carbocycles. The van der Waals surface area contributed by atoms with Gasteiger partial charge in [0.25, 0.3) is 0 Å². The highest BCUT2D eigenvalue weighted by molar-refractivity contribution is 6.33. The van der Waals surface area contributed by atoms with Crippen LogP contribution in [0.4, 0.5) is 5.69 Å². The van der Waals surface area contributed by atoms with E-state index in [9.17, 15) is 0 Å². The van der Waals surface area contributed by atoms with Crippen molar-refractivity contribution in [1.82, 2.24) is 5.32 Å². The van der Waals surface area contributed by atoms with Crippen molar-refractivity contribution in [3.05, 3.63) is 28.8 Å². The number of nitrogens with zero attached hydrogens (tertiary/aromatic N) is 1. The minimum Gasteiger partial charge on any atom is -0.359 e.